The molecule has 0 bridgehead atoms. The number of aliphatic hydroxyl groups is 3. The number of fused-ring (bicyclic) bond motifs is 1. The van der Waals surface area contributed by atoms with E-state index >= 15 is 0 Å². The summed E-state index contributed by atoms with van der Waals surface area (Å²) in [4.78, 5) is 11.7. The van der Waals surface area contributed by atoms with Gasteiger partial charge in [-0.25, -0.2) is 4.79 Å². The molecule has 0 saturated heterocycles. The summed E-state index contributed by atoms with van der Waals surface area (Å²) >= 11 is 0. The fourth-order valence-electron chi connectivity index (χ4n) is 3.14. The molecule has 21 heavy (non-hydrogen) atoms. The zero-order valence-corrected chi connectivity index (χ0v) is 12.3. The van der Waals surface area contributed by atoms with Crippen LogP contribution in [0, 0.1) is 11.8 Å². The second-order valence-corrected chi connectivity index (χ2v) is 6.07. The molecule has 1 saturated carbocycles. The van der Waals surface area contributed by atoms with E-state index in [9.17, 15) is 20.1 Å². The highest BCUT2D eigenvalue weighted by Crippen LogP contribution is 2.36. The topological polar surface area (TPSA) is 87.0 Å². The molecule has 0 amide bonds. The minimum atomic E-state index is -0.972. The van der Waals surface area contributed by atoms with Crippen LogP contribution in [0.5, 0.6) is 0 Å². The number of cyclic esters (lactones) is 1. The number of rotatable bonds is 0. The van der Waals surface area contributed by atoms with Gasteiger partial charge in [0, 0.05) is 0 Å². The standard InChI is InChI=1S/C16H24O5/c1-10-5-3-2-4-6-11-7-12(17)8-13(11)14(18)9-15(19)16(20)21-10/h4,6,9-14,17-19H,2-3,5,7-8H2,1H3/b6-4+,15-9-/t10-,11+,12-,13+,14+/m0/s1. The number of aliphatic hydroxyl groups excluding tert-OH is 3. The number of allylic oxidation sites excluding steroid dienone is 2. The molecule has 1 heterocycles. The van der Waals surface area contributed by atoms with Gasteiger partial charge in [-0.1, -0.05) is 12.2 Å². The van der Waals surface area contributed by atoms with Gasteiger partial charge in [0.2, 0.25) is 0 Å². The minimum absolute atomic E-state index is 0.0632. The normalized spacial score (nSPS) is 42.5. The second kappa shape index (κ2) is 7.09. The summed E-state index contributed by atoms with van der Waals surface area (Å²) in [6, 6.07) is 0. The maximum Gasteiger partial charge on any atom is 0.373 e. The molecule has 1 fully saturated rings. The number of hydrogen-bond acceptors (Lipinski definition) is 5. The highest BCUT2D eigenvalue weighted by Gasteiger charge is 2.36. The highest BCUT2D eigenvalue weighted by atomic mass is 16.6. The van der Waals surface area contributed by atoms with Crippen molar-refractivity contribution in [3.63, 3.8) is 0 Å². The monoisotopic (exact) mass is 296 g/mol. The third-order valence-electron chi connectivity index (χ3n) is 4.29. The van der Waals surface area contributed by atoms with Gasteiger partial charge in [0.05, 0.1) is 18.3 Å². The van der Waals surface area contributed by atoms with Crippen LogP contribution in [0.15, 0.2) is 24.0 Å². The number of ether oxygens (including phenoxy) is 1. The lowest BCUT2D eigenvalue weighted by molar-refractivity contribution is -0.147. The smallest absolute Gasteiger partial charge is 0.373 e. The quantitative estimate of drug-likeness (QED) is 0.469. The Kier molecular flexibility index (Phi) is 5.42. The first-order valence-corrected chi connectivity index (χ1v) is 7.62. The van der Waals surface area contributed by atoms with E-state index in [1.807, 2.05) is 6.08 Å². The molecular formula is C16H24O5. The molecule has 0 aromatic heterocycles. The van der Waals surface area contributed by atoms with Crippen LogP contribution in [0.3, 0.4) is 0 Å². The van der Waals surface area contributed by atoms with Crippen molar-refractivity contribution in [3.05, 3.63) is 24.0 Å². The molecule has 5 heteroatoms. The molecule has 2 aliphatic rings. The maximum atomic E-state index is 11.7. The van der Waals surface area contributed by atoms with E-state index in [1.54, 1.807) is 6.92 Å². The van der Waals surface area contributed by atoms with Gasteiger partial charge in [0.15, 0.2) is 5.76 Å². The molecule has 0 spiro atoms. The first-order chi connectivity index (χ1) is 9.97. The van der Waals surface area contributed by atoms with Crippen molar-refractivity contribution >= 4 is 5.97 Å². The highest BCUT2D eigenvalue weighted by molar-refractivity contribution is 5.85. The molecule has 1 aliphatic heterocycles. The minimum Gasteiger partial charge on any atom is -0.502 e. The van der Waals surface area contributed by atoms with Crippen molar-refractivity contribution in [2.75, 3.05) is 0 Å². The molecule has 2 rings (SSSR count). The van der Waals surface area contributed by atoms with Gasteiger partial charge in [-0.05, 0) is 56.9 Å². The van der Waals surface area contributed by atoms with Crippen molar-refractivity contribution in [1.29, 1.82) is 0 Å². The third kappa shape index (κ3) is 4.32. The summed E-state index contributed by atoms with van der Waals surface area (Å²) < 4.78 is 5.12. The molecule has 3 N–H and O–H groups in total. The van der Waals surface area contributed by atoms with Crippen LogP contribution >= 0.6 is 0 Å². The molecule has 5 atom stereocenters. The van der Waals surface area contributed by atoms with Crippen molar-refractivity contribution in [1.82, 2.24) is 0 Å². The van der Waals surface area contributed by atoms with Gasteiger partial charge in [0.25, 0.3) is 0 Å². The summed E-state index contributed by atoms with van der Waals surface area (Å²) in [6.07, 6.45) is 7.11. The fraction of sp³-hybridized carbons (Fsp3) is 0.688. The van der Waals surface area contributed by atoms with Crippen LogP contribution in [0.4, 0.5) is 0 Å². The number of esters is 1. The summed E-state index contributed by atoms with van der Waals surface area (Å²) in [7, 11) is 0. The Bertz CT molecular complexity index is 428. The van der Waals surface area contributed by atoms with Crippen LogP contribution in [0.2, 0.25) is 0 Å². The molecule has 5 nitrogen and oxygen atoms in total. The molecule has 0 radical (unpaired) electrons. The van der Waals surface area contributed by atoms with E-state index in [1.165, 1.54) is 0 Å². The van der Waals surface area contributed by atoms with E-state index in [-0.39, 0.29) is 17.9 Å². The maximum absolute atomic E-state index is 11.7. The van der Waals surface area contributed by atoms with Gasteiger partial charge in [-0.3, -0.25) is 0 Å². The van der Waals surface area contributed by atoms with Gasteiger partial charge >= 0.3 is 5.97 Å². The Morgan fingerprint density at radius 1 is 1.29 bits per heavy atom. The summed E-state index contributed by atoms with van der Waals surface area (Å²) in [5, 5.41) is 29.8. The average molecular weight is 296 g/mol. The second-order valence-electron chi connectivity index (χ2n) is 6.07. The predicted octanol–water partition coefficient (Wildman–Crippen LogP) is 1.85. The van der Waals surface area contributed by atoms with Crippen LogP contribution in [-0.2, 0) is 9.53 Å². The zero-order valence-electron chi connectivity index (χ0n) is 12.3. The van der Waals surface area contributed by atoms with E-state index in [0.717, 1.165) is 25.3 Å². The SMILES string of the molecule is C[C@H]1CCC/C=C/[C@@H]2C[C@H](O)C[C@H]2[C@H](O)/C=C(\O)C(=O)O1. The first kappa shape index (κ1) is 16.0. The van der Waals surface area contributed by atoms with Crippen molar-refractivity contribution in [2.45, 2.75) is 57.3 Å². The van der Waals surface area contributed by atoms with Crippen LogP contribution in [-0.4, -0.2) is 39.6 Å². The van der Waals surface area contributed by atoms with Gasteiger partial charge in [-0.2, -0.15) is 0 Å². The molecule has 1 aliphatic carbocycles. The first-order valence-electron chi connectivity index (χ1n) is 7.62. The molecule has 0 aromatic rings. The van der Waals surface area contributed by atoms with Crippen molar-refractivity contribution in [2.24, 2.45) is 11.8 Å². The van der Waals surface area contributed by atoms with E-state index in [2.05, 4.69) is 6.08 Å². The zero-order chi connectivity index (χ0) is 15.4. The largest absolute Gasteiger partial charge is 0.502 e. The molecule has 0 aromatic carbocycles. The van der Waals surface area contributed by atoms with Crippen LogP contribution in [0.1, 0.15) is 39.0 Å². The van der Waals surface area contributed by atoms with Crippen molar-refractivity contribution in [3.8, 4) is 0 Å². The van der Waals surface area contributed by atoms with E-state index in [4.69, 9.17) is 4.74 Å². The summed E-state index contributed by atoms with van der Waals surface area (Å²) in [5.74, 6) is -1.49. The van der Waals surface area contributed by atoms with Crippen LogP contribution < -0.4 is 0 Å². The lowest BCUT2D eigenvalue weighted by Crippen LogP contribution is -2.23. The Labute approximate surface area is 124 Å². The molecule has 0 unspecified atom stereocenters. The average Bonchev–Trinajstić information content (AvgIpc) is 2.78. The summed E-state index contributed by atoms with van der Waals surface area (Å²) in [6.45, 7) is 1.79. The molecular weight excluding hydrogens is 272 g/mol. The van der Waals surface area contributed by atoms with Gasteiger partial charge < -0.3 is 20.1 Å². The van der Waals surface area contributed by atoms with Crippen LogP contribution in [0.25, 0.3) is 0 Å². The lowest BCUT2D eigenvalue weighted by atomic mass is 9.89. The number of carbonyl (C=O) groups is 1. The van der Waals surface area contributed by atoms with E-state index < -0.39 is 23.9 Å². The Morgan fingerprint density at radius 2 is 2.05 bits per heavy atom. The van der Waals surface area contributed by atoms with E-state index in [0.29, 0.717) is 12.8 Å². The van der Waals surface area contributed by atoms with Crippen molar-refractivity contribution < 1.29 is 24.9 Å². The number of carbonyl (C=O) groups excluding carboxylic acids is 1. The fourth-order valence-corrected chi connectivity index (χ4v) is 3.14. The Hall–Kier alpha value is -1.33. The number of hydrogen-bond donors (Lipinski definition) is 3. The molecule has 118 valence electrons. The summed E-state index contributed by atoms with van der Waals surface area (Å²) in [5.41, 5.74) is 0. The predicted molar refractivity (Wildman–Crippen MR) is 77.5 cm³/mol. The van der Waals surface area contributed by atoms with Gasteiger partial charge in [-0.15, -0.1) is 0 Å². The Balaban J connectivity index is 2.19. The van der Waals surface area contributed by atoms with Gasteiger partial charge in [0.1, 0.15) is 0 Å². The lowest BCUT2D eigenvalue weighted by Gasteiger charge is -2.20. The third-order valence-corrected chi connectivity index (χ3v) is 4.29. The Morgan fingerprint density at radius 3 is 2.81 bits per heavy atom.